The van der Waals surface area contributed by atoms with Crippen LogP contribution in [-0.2, 0) is 4.74 Å². The Labute approximate surface area is 120 Å². The van der Waals surface area contributed by atoms with Crippen LogP contribution in [0.2, 0.25) is 5.02 Å². The van der Waals surface area contributed by atoms with Gasteiger partial charge in [-0.1, -0.05) is 24.6 Å². The highest BCUT2D eigenvalue weighted by Crippen LogP contribution is 2.17. The van der Waals surface area contributed by atoms with Crippen molar-refractivity contribution in [2.45, 2.75) is 25.9 Å². The third-order valence-corrected chi connectivity index (χ3v) is 3.59. The van der Waals surface area contributed by atoms with E-state index in [1.807, 2.05) is 24.3 Å². The van der Waals surface area contributed by atoms with E-state index < -0.39 is 0 Å². The maximum absolute atomic E-state index is 5.92. The fourth-order valence-corrected chi connectivity index (χ4v) is 2.44. The van der Waals surface area contributed by atoms with Crippen LogP contribution in [0.4, 0.5) is 0 Å². The summed E-state index contributed by atoms with van der Waals surface area (Å²) in [6.07, 6.45) is 2.89. The van der Waals surface area contributed by atoms with Gasteiger partial charge in [0.1, 0.15) is 18.4 Å². The number of benzene rings is 1. The van der Waals surface area contributed by atoms with E-state index in [0.29, 0.717) is 12.0 Å². The van der Waals surface area contributed by atoms with Crippen molar-refractivity contribution in [3.63, 3.8) is 0 Å². The zero-order valence-corrected chi connectivity index (χ0v) is 12.2. The van der Waals surface area contributed by atoms with E-state index in [2.05, 4.69) is 12.2 Å². The number of halogens is 1. The van der Waals surface area contributed by atoms with Crippen LogP contribution in [0.1, 0.15) is 19.8 Å². The highest BCUT2D eigenvalue weighted by molar-refractivity contribution is 6.30. The maximum atomic E-state index is 5.92. The van der Waals surface area contributed by atoms with Crippen molar-refractivity contribution in [2.24, 2.45) is 5.92 Å². The highest BCUT2D eigenvalue weighted by atomic mass is 35.5. The smallest absolute Gasteiger partial charge is 0.120 e. The van der Waals surface area contributed by atoms with Crippen molar-refractivity contribution in [1.82, 2.24) is 0 Å². The van der Waals surface area contributed by atoms with Crippen molar-refractivity contribution >= 4 is 11.6 Å². The molecule has 2 N–H and O–H groups in total. The molecule has 106 valence electrons. The minimum Gasteiger partial charge on any atom is -0.493 e. The van der Waals surface area contributed by atoms with Crippen molar-refractivity contribution in [3.8, 4) is 5.75 Å². The lowest BCUT2D eigenvalue weighted by Gasteiger charge is -2.14. The van der Waals surface area contributed by atoms with E-state index in [1.165, 1.54) is 12.8 Å². The van der Waals surface area contributed by atoms with E-state index >= 15 is 0 Å². The average molecular weight is 285 g/mol. The van der Waals surface area contributed by atoms with E-state index in [0.717, 1.165) is 37.1 Å². The minimum absolute atomic E-state index is 0.459. The molecule has 1 aromatic carbocycles. The van der Waals surface area contributed by atoms with Crippen molar-refractivity contribution in [3.05, 3.63) is 29.3 Å². The fourth-order valence-electron chi connectivity index (χ4n) is 2.26. The second-order valence-corrected chi connectivity index (χ2v) is 5.71. The SMILES string of the molecule is C[C@@H](C[NH2+]C[C@@H]1CCCO1)COc1cccc(Cl)c1. The van der Waals surface area contributed by atoms with Crippen LogP contribution in [0, 0.1) is 5.92 Å². The number of ether oxygens (including phenoxy) is 2. The Morgan fingerprint density at radius 3 is 3.16 bits per heavy atom. The number of hydrogen-bond acceptors (Lipinski definition) is 2. The summed E-state index contributed by atoms with van der Waals surface area (Å²) in [5.74, 6) is 1.36. The molecule has 1 heterocycles. The summed E-state index contributed by atoms with van der Waals surface area (Å²) in [5, 5.41) is 3.05. The molecule has 1 aromatic rings. The van der Waals surface area contributed by atoms with Gasteiger partial charge < -0.3 is 14.8 Å². The molecule has 0 radical (unpaired) electrons. The lowest BCUT2D eigenvalue weighted by atomic mass is 10.2. The first kappa shape index (κ1) is 14.6. The molecule has 2 atom stereocenters. The first-order chi connectivity index (χ1) is 9.24. The van der Waals surface area contributed by atoms with Crippen LogP contribution in [0.15, 0.2) is 24.3 Å². The van der Waals surface area contributed by atoms with Crippen LogP contribution in [0.25, 0.3) is 0 Å². The quantitative estimate of drug-likeness (QED) is 0.832. The van der Waals surface area contributed by atoms with Crippen LogP contribution in [0.3, 0.4) is 0 Å². The van der Waals surface area contributed by atoms with Gasteiger partial charge in [-0.25, -0.2) is 0 Å². The Hall–Kier alpha value is -0.770. The van der Waals surface area contributed by atoms with Crippen LogP contribution < -0.4 is 10.1 Å². The Balaban J connectivity index is 1.60. The van der Waals surface area contributed by atoms with Gasteiger partial charge >= 0.3 is 0 Å². The second kappa shape index (κ2) is 7.73. The van der Waals surface area contributed by atoms with Gasteiger partial charge in [-0.3, -0.25) is 0 Å². The summed E-state index contributed by atoms with van der Waals surface area (Å²) < 4.78 is 11.3. The molecule has 1 aliphatic rings. The molecule has 3 nitrogen and oxygen atoms in total. The molecule has 19 heavy (non-hydrogen) atoms. The van der Waals surface area contributed by atoms with Gasteiger partial charge in [0.2, 0.25) is 0 Å². The molecular weight excluding hydrogens is 262 g/mol. The van der Waals surface area contributed by atoms with Gasteiger partial charge in [-0.15, -0.1) is 0 Å². The third-order valence-electron chi connectivity index (χ3n) is 3.35. The zero-order valence-electron chi connectivity index (χ0n) is 11.5. The first-order valence-electron chi connectivity index (χ1n) is 7.05. The summed E-state index contributed by atoms with van der Waals surface area (Å²) >= 11 is 5.92. The van der Waals surface area contributed by atoms with Crippen LogP contribution in [-0.4, -0.2) is 32.4 Å². The van der Waals surface area contributed by atoms with E-state index in [-0.39, 0.29) is 0 Å². The molecule has 1 fully saturated rings. The Morgan fingerprint density at radius 1 is 1.53 bits per heavy atom. The fraction of sp³-hybridized carbons (Fsp3) is 0.600. The van der Waals surface area contributed by atoms with Gasteiger partial charge in [0.15, 0.2) is 0 Å². The van der Waals surface area contributed by atoms with Crippen LogP contribution >= 0.6 is 11.6 Å². The summed E-state index contributed by atoms with van der Waals surface area (Å²) in [5.41, 5.74) is 0. The molecule has 0 aliphatic carbocycles. The Bertz CT molecular complexity index is 380. The van der Waals surface area contributed by atoms with Crippen molar-refractivity contribution in [2.75, 3.05) is 26.3 Å². The van der Waals surface area contributed by atoms with Crippen molar-refractivity contribution < 1.29 is 14.8 Å². The summed E-state index contributed by atoms with van der Waals surface area (Å²) in [6.45, 7) is 6.01. The predicted molar refractivity (Wildman–Crippen MR) is 76.7 cm³/mol. The van der Waals surface area contributed by atoms with E-state index in [1.54, 1.807) is 0 Å². The topological polar surface area (TPSA) is 35.1 Å². The number of nitrogens with two attached hydrogens (primary N) is 1. The number of hydrogen-bond donors (Lipinski definition) is 1. The molecule has 0 unspecified atom stereocenters. The van der Waals surface area contributed by atoms with Gasteiger partial charge in [-0.05, 0) is 31.0 Å². The molecule has 4 heteroatoms. The molecule has 1 saturated heterocycles. The third kappa shape index (κ3) is 5.39. The molecule has 0 amide bonds. The maximum Gasteiger partial charge on any atom is 0.120 e. The second-order valence-electron chi connectivity index (χ2n) is 5.27. The van der Waals surface area contributed by atoms with Gasteiger partial charge in [0, 0.05) is 17.5 Å². The summed E-state index contributed by atoms with van der Waals surface area (Å²) in [4.78, 5) is 0. The molecule has 1 aliphatic heterocycles. The van der Waals surface area contributed by atoms with Gasteiger partial charge in [0.25, 0.3) is 0 Å². The first-order valence-corrected chi connectivity index (χ1v) is 7.43. The number of quaternary nitrogens is 1. The zero-order chi connectivity index (χ0) is 13.5. The molecule has 0 bridgehead atoms. The van der Waals surface area contributed by atoms with Crippen molar-refractivity contribution in [1.29, 1.82) is 0 Å². The summed E-state index contributed by atoms with van der Waals surface area (Å²) in [6, 6.07) is 7.55. The molecule has 0 aromatic heterocycles. The van der Waals surface area contributed by atoms with E-state index in [9.17, 15) is 0 Å². The standard InChI is InChI=1S/C15H22ClNO2/c1-12(9-17-10-15-6-3-7-18-15)11-19-14-5-2-4-13(16)8-14/h2,4-5,8,12,15,17H,3,6-7,9-11H2,1H3/p+1/t12-,15-/m0/s1. The highest BCUT2D eigenvalue weighted by Gasteiger charge is 2.17. The van der Waals surface area contributed by atoms with E-state index in [4.69, 9.17) is 21.1 Å². The Kier molecular flexibility index (Phi) is 5.95. The minimum atomic E-state index is 0.459. The lowest BCUT2D eigenvalue weighted by molar-refractivity contribution is -0.665. The largest absolute Gasteiger partial charge is 0.493 e. The predicted octanol–water partition coefficient (Wildman–Crippen LogP) is 2.10. The lowest BCUT2D eigenvalue weighted by Crippen LogP contribution is -2.87. The van der Waals surface area contributed by atoms with Gasteiger partial charge in [0.05, 0.1) is 13.2 Å². The molecule has 0 saturated carbocycles. The molecular formula is C15H23ClNO2+. The monoisotopic (exact) mass is 284 g/mol. The van der Waals surface area contributed by atoms with Gasteiger partial charge in [-0.2, -0.15) is 0 Å². The number of rotatable bonds is 7. The average Bonchev–Trinajstić information content (AvgIpc) is 2.90. The molecule has 0 spiro atoms. The summed E-state index contributed by atoms with van der Waals surface area (Å²) in [7, 11) is 0. The Morgan fingerprint density at radius 2 is 2.42 bits per heavy atom. The van der Waals surface area contributed by atoms with Crippen LogP contribution in [0.5, 0.6) is 5.75 Å². The normalized spacial score (nSPS) is 20.4. The molecule has 2 rings (SSSR count).